The Balaban J connectivity index is 2.03. The molecule has 1 aromatic rings. The molecule has 2 N–H and O–H groups in total. The van der Waals surface area contributed by atoms with E-state index in [0.29, 0.717) is 18.9 Å². The summed E-state index contributed by atoms with van der Waals surface area (Å²) in [5.74, 6) is -3.19. The Bertz CT molecular complexity index is 527. The molecule has 1 fully saturated rings. The second kappa shape index (κ2) is 4.95. The lowest BCUT2D eigenvalue weighted by atomic mass is 9.76. The molecule has 0 aromatic heterocycles. The van der Waals surface area contributed by atoms with Crippen LogP contribution in [0.15, 0.2) is 18.2 Å². The maximum Gasteiger partial charge on any atom is 0.329 e. The Morgan fingerprint density at radius 1 is 1.32 bits per heavy atom. The van der Waals surface area contributed by atoms with Crippen molar-refractivity contribution >= 4 is 11.9 Å². The molecule has 4 nitrogen and oxygen atoms in total. The molecule has 1 saturated carbocycles. The molecule has 0 spiro atoms. The standard InChI is InChI=1S/C13H13F2NO3/c14-9-3-2-8(10(15)7-9)6-11(17)16-13(12(18)19)4-1-5-13/h2-3,7H,1,4-6H2,(H,16,17)(H,18,19). The summed E-state index contributed by atoms with van der Waals surface area (Å²) in [5, 5.41) is 11.5. The van der Waals surface area contributed by atoms with Gasteiger partial charge in [-0.15, -0.1) is 0 Å². The second-order valence-electron chi connectivity index (χ2n) is 4.70. The van der Waals surface area contributed by atoms with E-state index in [9.17, 15) is 18.4 Å². The van der Waals surface area contributed by atoms with Crippen molar-refractivity contribution in [2.75, 3.05) is 0 Å². The molecule has 1 aliphatic carbocycles. The van der Waals surface area contributed by atoms with Gasteiger partial charge in [0.15, 0.2) is 0 Å². The average Bonchev–Trinajstić information content (AvgIpc) is 2.27. The van der Waals surface area contributed by atoms with Gasteiger partial charge in [-0.05, 0) is 30.9 Å². The predicted octanol–water partition coefficient (Wildman–Crippen LogP) is 1.63. The summed E-state index contributed by atoms with van der Waals surface area (Å²) in [4.78, 5) is 22.8. The lowest BCUT2D eigenvalue weighted by Crippen LogP contribution is -2.59. The Labute approximate surface area is 108 Å². The first-order valence-corrected chi connectivity index (χ1v) is 5.91. The molecule has 0 saturated heterocycles. The molecule has 0 aliphatic heterocycles. The zero-order chi connectivity index (χ0) is 14.0. The number of aliphatic carboxylic acids is 1. The second-order valence-corrected chi connectivity index (χ2v) is 4.70. The van der Waals surface area contributed by atoms with E-state index < -0.39 is 29.0 Å². The topological polar surface area (TPSA) is 66.4 Å². The van der Waals surface area contributed by atoms with Crippen molar-refractivity contribution in [1.82, 2.24) is 5.32 Å². The van der Waals surface area contributed by atoms with Crippen molar-refractivity contribution in [2.24, 2.45) is 0 Å². The molecule has 0 radical (unpaired) electrons. The first kappa shape index (κ1) is 13.5. The van der Waals surface area contributed by atoms with Gasteiger partial charge in [0.2, 0.25) is 5.91 Å². The van der Waals surface area contributed by atoms with E-state index in [1.807, 2.05) is 0 Å². The molecule has 0 bridgehead atoms. The number of hydrogen-bond donors (Lipinski definition) is 2. The number of nitrogens with one attached hydrogen (secondary N) is 1. The van der Waals surface area contributed by atoms with Gasteiger partial charge in [0.05, 0.1) is 6.42 Å². The number of carbonyl (C=O) groups excluding carboxylic acids is 1. The Kier molecular flexibility index (Phi) is 3.50. The normalized spacial score (nSPS) is 16.5. The Morgan fingerprint density at radius 2 is 2.00 bits per heavy atom. The lowest BCUT2D eigenvalue weighted by molar-refractivity contribution is -0.151. The van der Waals surface area contributed by atoms with Crippen LogP contribution in [0.4, 0.5) is 8.78 Å². The van der Waals surface area contributed by atoms with Crippen LogP contribution >= 0.6 is 0 Å². The first-order chi connectivity index (χ1) is 8.93. The quantitative estimate of drug-likeness (QED) is 0.873. The SMILES string of the molecule is O=C(Cc1ccc(F)cc1F)NC1(C(=O)O)CCC1. The molecular weight excluding hydrogens is 256 g/mol. The number of carbonyl (C=O) groups is 2. The number of rotatable bonds is 4. The third-order valence-electron chi connectivity index (χ3n) is 3.36. The minimum Gasteiger partial charge on any atom is -0.480 e. The van der Waals surface area contributed by atoms with Gasteiger partial charge in [-0.3, -0.25) is 4.79 Å². The molecule has 6 heteroatoms. The molecular formula is C13H13F2NO3. The number of carboxylic acids is 1. The largest absolute Gasteiger partial charge is 0.480 e. The highest BCUT2D eigenvalue weighted by Crippen LogP contribution is 2.32. The van der Waals surface area contributed by atoms with Crippen molar-refractivity contribution in [1.29, 1.82) is 0 Å². The molecule has 0 atom stereocenters. The number of halogens is 2. The van der Waals surface area contributed by atoms with Crippen LogP contribution in [0, 0.1) is 11.6 Å². The van der Waals surface area contributed by atoms with E-state index in [0.717, 1.165) is 12.5 Å². The van der Waals surface area contributed by atoms with Crippen LogP contribution in [0.5, 0.6) is 0 Å². The van der Waals surface area contributed by atoms with Crippen LogP contribution in [-0.2, 0) is 16.0 Å². The summed E-state index contributed by atoms with van der Waals surface area (Å²) in [7, 11) is 0. The predicted molar refractivity (Wildman–Crippen MR) is 62.4 cm³/mol. The van der Waals surface area contributed by atoms with Gasteiger partial charge in [-0.25, -0.2) is 13.6 Å². The molecule has 1 aromatic carbocycles. The number of amides is 1. The smallest absolute Gasteiger partial charge is 0.329 e. The van der Waals surface area contributed by atoms with E-state index >= 15 is 0 Å². The number of carboxylic acid groups (broad SMARTS) is 1. The molecule has 102 valence electrons. The highest BCUT2D eigenvalue weighted by Gasteiger charge is 2.45. The highest BCUT2D eigenvalue weighted by molar-refractivity contribution is 5.88. The van der Waals surface area contributed by atoms with E-state index in [1.165, 1.54) is 6.07 Å². The van der Waals surface area contributed by atoms with Crippen molar-refractivity contribution in [3.8, 4) is 0 Å². The fourth-order valence-electron chi connectivity index (χ4n) is 2.07. The van der Waals surface area contributed by atoms with Gasteiger partial charge in [0.25, 0.3) is 0 Å². The van der Waals surface area contributed by atoms with Gasteiger partial charge in [0, 0.05) is 6.07 Å². The van der Waals surface area contributed by atoms with Crippen molar-refractivity contribution in [3.63, 3.8) is 0 Å². The summed E-state index contributed by atoms with van der Waals surface area (Å²) in [6.45, 7) is 0. The molecule has 2 rings (SSSR count). The van der Waals surface area contributed by atoms with Crippen LogP contribution < -0.4 is 5.32 Å². The Hall–Kier alpha value is -1.98. The molecule has 1 amide bonds. The maximum absolute atomic E-state index is 13.4. The zero-order valence-electron chi connectivity index (χ0n) is 10.1. The minimum atomic E-state index is -1.21. The van der Waals surface area contributed by atoms with E-state index in [2.05, 4.69) is 5.32 Å². The first-order valence-electron chi connectivity index (χ1n) is 5.91. The fraction of sp³-hybridized carbons (Fsp3) is 0.385. The minimum absolute atomic E-state index is 0.0405. The third-order valence-corrected chi connectivity index (χ3v) is 3.36. The van der Waals surface area contributed by atoms with Crippen LogP contribution in [0.3, 0.4) is 0 Å². The van der Waals surface area contributed by atoms with Crippen LogP contribution in [0.2, 0.25) is 0 Å². The van der Waals surface area contributed by atoms with Crippen molar-refractivity contribution in [3.05, 3.63) is 35.4 Å². The summed E-state index contributed by atoms with van der Waals surface area (Å²) >= 11 is 0. The zero-order valence-corrected chi connectivity index (χ0v) is 10.1. The summed E-state index contributed by atoms with van der Waals surface area (Å²) in [6, 6.07) is 2.93. The number of benzene rings is 1. The van der Waals surface area contributed by atoms with Gasteiger partial charge >= 0.3 is 5.97 Å². The number of hydrogen-bond acceptors (Lipinski definition) is 2. The third kappa shape index (κ3) is 2.72. The van der Waals surface area contributed by atoms with Crippen molar-refractivity contribution < 1.29 is 23.5 Å². The fourth-order valence-corrected chi connectivity index (χ4v) is 2.07. The van der Waals surface area contributed by atoms with Gasteiger partial charge in [-0.1, -0.05) is 6.07 Å². The van der Waals surface area contributed by atoms with Crippen LogP contribution in [-0.4, -0.2) is 22.5 Å². The summed E-state index contributed by atoms with van der Waals surface area (Å²) in [5.41, 5.74) is -1.17. The van der Waals surface area contributed by atoms with E-state index in [-0.39, 0.29) is 12.0 Å². The summed E-state index contributed by atoms with van der Waals surface area (Å²) in [6.07, 6.45) is 1.18. The van der Waals surface area contributed by atoms with Gasteiger partial charge < -0.3 is 10.4 Å². The maximum atomic E-state index is 13.4. The lowest BCUT2D eigenvalue weighted by Gasteiger charge is -2.38. The van der Waals surface area contributed by atoms with Crippen LogP contribution in [0.25, 0.3) is 0 Å². The van der Waals surface area contributed by atoms with Crippen LogP contribution in [0.1, 0.15) is 24.8 Å². The highest BCUT2D eigenvalue weighted by atomic mass is 19.1. The summed E-state index contributed by atoms with van der Waals surface area (Å²) < 4.78 is 26.1. The molecule has 1 aliphatic rings. The van der Waals surface area contributed by atoms with Crippen molar-refractivity contribution in [2.45, 2.75) is 31.2 Å². The van der Waals surface area contributed by atoms with E-state index in [4.69, 9.17) is 5.11 Å². The van der Waals surface area contributed by atoms with E-state index in [1.54, 1.807) is 0 Å². The molecule has 0 heterocycles. The molecule has 19 heavy (non-hydrogen) atoms. The molecule has 0 unspecified atom stereocenters. The average molecular weight is 269 g/mol. The van der Waals surface area contributed by atoms with Gasteiger partial charge in [0.1, 0.15) is 17.2 Å². The Morgan fingerprint density at radius 3 is 2.47 bits per heavy atom. The van der Waals surface area contributed by atoms with Gasteiger partial charge in [-0.2, -0.15) is 0 Å². The monoisotopic (exact) mass is 269 g/mol.